The molecule has 0 saturated heterocycles. The van der Waals surface area contributed by atoms with Crippen molar-refractivity contribution in [1.29, 1.82) is 0 Å². The topological polar surface area (TPSA) is 50.2 Å². The lowest BCUT2D eigenvalue weighted by Gasteiger charge is -2.08. The first kappa shape index (κ1) is 14.1. The predicted molar refractivity (Wildman–Crippen MR) is 71.6 cm³/mol. The zero-order chi connectivity index (χ0) is 14.2. The van der Waals surface area contributed by atoms with Gasteiger partial charge in [0.15, 0.2) is 0 Å². The van der Waals surface area contributed by atoms with Gasteiger partial charge in [0.1, 0.15) is 5.56 Å². The van der Waals surface area contributed by atoms with E-state index in [2.05, 4.69) is 4.98 Å². The molecular formula is C12H5Cl3FNO2. The Morgan fingerprint density at radius 2 is 1.74 bits per heavy atom. The molecule has 0 atom stereocenters. The Morgan fingerprint density at radius 3 is 2.32 bits per heavy atom. The number of aromatic nitrogens is 1. The van der Waals surface area contributed by atoms with Crippen LogP contribution in [0, 0.1) is 5.95 Å². The summed E-state index contributed by atoms with van der Waals surface area (Å²) in [5, 5.41) is 9.34. The summed E-state index contributed by atoms with van der Waals surface area (Å²) in [6, 6.07) is 5.40. The molecule has 0 saturated carbocycles. The number of hydrogen-bond donors (Lipinski definition) is 1. The van der Waals surface area contributed by atoms with Crippen molar-refractivity contribution < 1.29 is 14.3 Å². The lowest BCUT2D eigenvalue weighted by atomic mass is 10.1. The Hall–Kier alpha value is -1.36. The number of halogens is 4. The van der Waals surface area contributed by atoms with Crippen molar-refractivity contribution in [2.45, 2.75) is 0 Å². The highest BCUT2D eigenvalue weighted by Crippen LogP contribution is 2.38. The highest BCUT2D eigenvalue weighted by atomic mass is 35.5. The maximum absolute atomic E-state index is 13.5. The van der Waals surface area contributed by atoms with Crippen LogP contribution in [0.4, 0.5) is 4.39 Å². The van der Waals surface area contributed by atoms with Crippen LogP contribution in [-0.4, -0.2) is 16.1 Å². The monoisotopic (exact) mass is 319 g/mol. The molecule has 0 radical (unpaired) electrons. The fraction of sp³-hybridized carbons (Fsp3) is 0. The lowest BCUT2D eigenvalue weighted by Crippen LogP contribution is -2.03. The average molecular weight is 321 g/mol. The molecule has 1 heterocycles. The number of carboxylic acids is 1. The first-order valence-corrected chi connectivity index (χ1v) is 6.09. The smallest absolute Gasteiger partial charge is 0.340 e. The number of rotatable bonds is 2. The van der Waals surface area contributed by atoms with E-state index in [0.717, 1.165) is 6.07 Å². The number of benzene rings is 1. The maximum atomic E-state index is 13.5. The summed E-state index contributed by atoms with van der Waals surface area (Å²) in [4.78, 5) is 14.3. The first-order chi connectivity index (χ1) is 8.91. The van der Waals surface area contributed by atoms with Crippen LogP contribution in [0.2, 0.25) is 15.1 Å². The number of aromatic carboxylic acids is 1. The molecule has 1 aromatic heterocycles. The van der Waals surface area contributed by atoms with E-state index in [9.17, 15) is 9.18 Å². The Labute approximate surface area is 122 Å². The van der Waals surface area contributed by atoms with Crippen LogP contribution < -0.4 is 0 Å². The van der Waals surface area contributed by atoms with Crippen LogP contribution in [0.3, 0.4) is 0 Å². The Morgan fingerprint density at radius 1 is 1.11 bits per heavy atom. The Balaban J connectivity index is 2.64. The molecule has 0 unspecified atom stereocenters. The van der Waals surface area contributed by atoms with E-state index >= 15 is 0 Å². The molecule has 2 aromatic rings. The molecule has 0 bridgehead atoms. The maximum Gasteiger partial charge on any atom is 0.340 e. The largest absolute Gasteiger partial charge is 0.478 e. The molecule has 1 aromatic carbocycles. The minimum Gasteiger partial charge on any atom is -0.478 e. The second-order valence-corrected chi connectivity index (χ2v) is 4.75. The third kappa shape index (κ3) is 2.66. The summed E-state index contributed by atoms with van der Waals surface area (Å²) >= 11 is 17.8. The molecule has 1 N–H and O–H groups in total. The van der Waals surface area contributed by atoms with Crippen LogP contribution in [0.1, 0.15) is 10.4 Å². The second kappa shape index (κ2) is 5.33. The predicted octanol–water partition coefficient (Wildman–Crippen LogP) is 4.55. The zero-order valence-corrected chi connectivity index (χ0v) is 11.4. The van der Waals surface area contributed by atoms with E-state index in [-0.39, 0.29) is 26.3 Å². The fourth-order valence-electron chi connectivity index (χ4n) is 1.49. The number of pyridine rings is 1. The number of carboxylic acid groups (broad SMARTS) is 1. The van der Waals surface area contributed by atoms with Gasteiger partial charge in [0.05, 0.1) is 20.8 Å². The van der Waals surface area contributed by atoms with Crippen LogP contribution in [0.25, 0.3) is 11.3 Å². The standard InChI is InChI=1S/C12H5Cl3FNO2/c13-6-2-3-7(14)10(15)9(6)8-4-1-5(12(18)19)11(16)17-8/h1-4H,(H,18,19). The quantitative estimate of drug-likeness (QED) is 0.652. The summed E-state index contributed by atoms with van der Waals surface area (Å²) < 4.78 is 13.5. The van der Waals surface area contributed by atoms with Gasteiger partial charge < -0.3 is 5.11 Å². The summed E-state index contributed by atoms with van der Waals surface area (Å²) in [6.45, 7) is 0. The van der Waals surface area contributed by atoms with Gasteiger partial charge in [0, 0.05) is 5.56 Å². The molecule has 0 aliphatic rings. The number of carbonyl (C=O) groups is 1. The molecule has 3 nitrogen and oxygen atoms in total. The van der Waals surface area contributed by atoms with Crippen molar-refractivity contribution in [2.24, 2.45) is 0 Å². The molecular weight excluding hydrogens is 315 g/mol. The first-order valence-electron chi connectivity index (χ1n) is 4.95. The van der Waals surface area contributed by atoms with Crippen molar-refractivity contribution in [3.8, 4) is 11.3 Å². The van der Waals surface area contributed by atoms with Crippen LogP contribution in [-0.2, 0) is 0 Å². The molecule has 0 aliphatic carbocycles. The van der Waals surface area contributed by atoms with Gasteiger partial charge in [0.25, 0.3) is 0 Å². The molecule has 19 heavy (non-hydrogen) atoms. The van der Waals surface area contributed by atoms with Gasteiger partial charge in [-0.3, -0.25) is 0 Å². The normalized spacial score (nSPS) is 10.5. The summed E-state index contributed by atoms with van der Waals surface area (Å²) in [5.74, 6) is -2.52. The van der Waals surface area contributed by atoms with Crippen molar-refractivity contribution >= 4 is 40.8 Å². The van der Waals surface area contributed by atoms with Crippen LogP contribution in [0.5, 0.6) is 0 Å². The highest BCUT2D eigenvalue weighted by molar-refractivity contribution is 6.46. The van der Waals surface area contributed by atoms with Crippen molar-refractivity contribution in [3.05, 3.63) is 50.8 Å². The van der Waals surface area contributed by atoms with Crippen molar-refractivity contribution in [3.63, 3.8) is 0 Å². The lowest BCUT2D eigenvalue weighted by molar-refractivity contribution is 0.0691. The van der Waals surface area contributed by atoms with E-state index in [1.54, 1.807) is 0 Å². The third-order valence-electron chi connectivity index (χ3n) is 2.38. The average Bonchev–Trinajstić information content (AvgIpc) is 2.34. The van der Waals surface area contributed by atoms with E-state index in [4.69, 9.17) is 39.9 Å². The Bertz CT molecular complexity index is 676. The minimum atomic E-state index is -1.40. The van der Waals surface area contributed by atoms with Gasteiger partial charge >= 0.3 is 5.97 Å². The number of hydrogen-bond acceptors (Lipinski definition) is 2. The van der Waals surface area contributed by atoms with Gasteiger partial charge in [-0.1, -0.05) is 34.8 Å². The molecule has 7 heteroatoms. The molecule has 0 spiro atoms. The highest BCUT2D eigenvalue weighted by Gasteiger charge is 2.17. The number of nitrogens with zero attached hydrogens (tertiary/aromatic N) is 1. The van der Waals surface area contributed by atoms with E-state index in [1.807, 2.05) is 0 Å². The van der Waals surface area contributed by atoms with E-state index < -0.39 is 17.5 Å². The summed E-state index contributed by atoms with van der Waals surface area (Å²) in [7, 11) is 0. The van der Waals surface area contributed by atoms with Crippen molar-refractivity contribution in [1.82, 2.24) is 4.98 Å². The van der Waals surface area contributed by atoms with E-state index in [1.165, 1.54) is 18.2 Å². The zero-order valence-electron chi connectivity index (χ0n) is 9.12. The van der Waals surface area contributed by atoms with Gasteiger partial charge in [-0.05, 0) is 24.3 Å². The van der Waals surface area contributed by atoms with Gasteiger partial charge in [-0.15, -0.1) is 0 Å². The molecule has 0 amide bonds. The molecule has 0 aliphatic heterocycles. The fourth-order valence-corrected chi connectivity index (χ4v) is 2.22. The van der Waals surface area contributed by atoms with Gasteiger partial charge in [0.2, 0.25) is 5.95 Å². The second-order valence-electron chi connectivity index (χ2n) is 3.56. The van der Waals surface area contributed by atoms with Crippen LogP contribution >= 0.6 is 34.8 Å². The third-order valence-corrected chi connectivity index (χ3v) is 3.50. The van der Waals surface area contributed by atoms with Gasteiger partial charge in [-0.2, -0.15) is 4.39 Å². The van der Waals surface area contributed by atoms with Crippen LogP contribution in [0.15, 0.2) is 24.3 Å². The van der Waals surface area contributed by atoms with Gasteiger partial charge in [-0.25, -0.2) is 9.78 Å². The molecule has 0 fully saturated rings. The summed E-state index contributed by atoms with van der Waals surface area (Å²) in [5.41, 5.74) is -0.162. The van der Waals surface area contributed by atoms with E-state index in [0.29, 0.717) is 0 Å². The molecule has 2 rings (SSSR count). The van der Waals surface area contributed by atoms with Crippen molar-refractivity contribution in [2.75, 3.05) is 0 Å². The molecule has 98 valence electrons. The Kier molecular flexibility index (Phi) is 3.94. The summed E-state index contributed by atoms with van der Waals surface area (Å²) in [6.07, 6.45) is 0. The minimum absolute atomic E-state index is 0.111. The SMILES string of the molecule is O=C(O)c1ccc(-c2c(Cl)ccc(Cl)c2Cl)nc1F.